The summed E-state index contributed by atoms with van der Waals surface area (Å²) in [5, 5.41) is 2.93. The summed E-state index contributed by atoms with van der Waals surface area (Å²) in [5.74, 6) is 0.0506. The number of aromatic nitrogens is 1. The van der Waals surface area contributed by atoms with Gasteiger partial charge in [0.25, 0.3) is 6.01 Å². The molecule has 1 N–H and O–H groups in total. The molecule has 3 rings (SSSR count). The van der Waals surface area contributed by atoms with Gasteiger partial charge >= 0.3 is 0 Å². The molecule has 0 atom stereocenters. The first-order chi connectivity index (χ1) is 11.3. The van der Waals surface area contributed by atoms with Crippen molar-refractivity contribution in [3.05, 3.63) is 18.2 Å². The third-order valence-corrected chi connectivity index (χ3v) is 3.95. The van der Waals surface area contributed by atoms with Crippen LogP contribution in [-0.4, -0.2) is 37.2 Å². The van der Waals surface area contributed by atoms with Gasteiger partial charge in [-0.25, -0.2) is 0 Å². The van der Waals surface area contributed by atoms with Gasteiger partial charge in [-0.05, 0) is 24.6 Å². The summed E-state index contributed by atoms with van der Waals surface area (Å²) in [4.78, 5) is 18.5. The van der Waals surface area contributed by atoms with Crippen LogP contribution >= 0.6 is 0 Å². The van der Waals surface area contributed by atoms with Crippen molar-refractivity contribution in [1.82, 2.24) is 4.98 Å². The van der Waals surface area contributed by atoms with E-state index in [2.05, 4.69) is 22.1 Å². The van der Waals surface area contributed by atoms with E-state index in [1.807, 2.05) is 18.2 Å². The number of oxazole rings is 1. The number of hydrogen-bond donors (Lipinski definition) is 1. The fourth-order valence-electron chi connectivity index (χ4n) is 2.64. The number of anilines is 2. The maximum Gasteiger partial charge on any atom is 0.298 e. The molecule has 6 heteroatoms. The van der Waals surface area contributed by atoms with Crippen molar-refractivity contribution in [3.8, 4) is 0 Å². The molecule has 1 aromatic carbocycles. The number of rotatable bonds is 6. The Kier molecular flexibility index (Phi) is 5.12. The van der Waals surface area contributed by atoms with Crippen LogP contribution in [0, 0.1) is 0 Å². The van der Waals surface area contributed by atoms with E-state index in [4.69, 9.17) is 9.15 Å². The van der Waals surface area contributed by atoms with Gasteiger partial charge in [0.2, 0.25) is 5.91 Å². The average molecular weight is 317 g/mol. The second kappa shape index (κ2) is 7.46. The van der Waals surface area contributed by atoms with Gasteiger partial charge in [0.1, 0.15) is 5.52 Å². The molecule has 2 heterocycles. The van der Waals surface area contributed by atoms with Crippen LogP contribution < -0.4 is 10.2 Å². The maximum atomic E-state index is 11.9. The van der Waals surface area contributed by atoms with E-state index in [0.717, 1.165) is 49.1 Å². The van der Waals surface area contributed by atoms with Crippen LogP contribution in [0.2, 0.25) is 0 Å². The zero-order chi connectivity index (χ0) is 16.1. The number of carbonyl (C=O) groups excluding carboxylic acids is 1. The number of fused-ring (bicyclic) bond motifs is 1. The molecule has 0 bridgehead atoms. The summed E-state index contributed by atoms with van der Waals surface area (Å²) in [6.07, 6.45) is 3.68. The van der Waals surface area contributed by atoms with Gasteiger partial charge in [-0.1, -0.05) is 19.8 Å². The van der Waals surface area contributed by atoms with Crippen molar-refractivity contribution < 1.29 is 13.9 Å². The van der Waals surface area contributed by atoms with Crippen LogP contribution in [0.4, 0.5) is 11.7 Å². The Morgan fingerprint density at radius 2 is 2.13 bits per heavy atom. The van der Waals surface area contributed by atoms with E-state index in [1.54, 1.807) is 0 Å². The molecule has 124 valence electrons. The second-order valence-corrected chi connectivity index (χ2v) is 5.78. The van der Waals surface area contributed by atoms with E-state index in [1.165, 1.54) is 0 Å². The number of benzene rings is 1. The molecule has 0 aliphatic carbocycles. The van der Waals surface area contributed by atoms with Crippen molar-refractivity contribution in [2.45, 2.75) is 32.6 Å². The maximum absolute atomic E-state index is 11.9. The number of nitrogens with one attached hydrogen (secondary N) is 1. The van der Waals surface area contributed by atoms with Crippen molar-refractivity contribution in [1.29, 1.82) is 0 Å². The Morgan fingerprint density at radius 3 is 2.91 bits per heavy atom. The Hall–Kier alpha value is -2.08. The Balaban J connectivity index is 1.67. The van der Waals surface area contributed by atoms with E-state index >= 15 is 0 Å². The molecule has 0 unspecified atom stereocenters. The first-order valence-electron chi connectivity index (χ1n) is 8.29. The largest absolute Gasteiger partial charge is 0.423 e. The van der Waals surface area contributed by atoms with E-state index in [9.17, 15) is 4.79 Å². The van der Waals surface area contributed by atoms with E-state index in [-0.39, 0.29) is 5.91 Å². The summed E-state index contributed by atoms with van der Waals surface area (Å²) >= 11 is 0. The first-order valence-corrected chi connectivity index (χ1v) is 8.29. The van der Waals surface area contributed by atoms with Crippen molar-refractivity contribution in [3.63, 3.8) is 0 Å². The lowest BCUT2D eigenvalue weighted by atomic mass is 10.2. The minimum atomic E-state index is 0.0506. The molecular formula is C17H23N3O3. The number of amides is 1. The van der Waals surface area contributed by atoms with Crippen LogP contribution in [0.1, 0.15) is 32.6 Å². The lowest BCUT2D eigenvalue weighted by molar-refractivity contribution is -0.116. The van der Waals surface area contributed by atoms with Gasteiger partial charge in [0, 0.05) is 25.2 Å². The Morgan fingerprint density at radius 1 is 1.30 bits per heavy atom. The molecular weight excluding hydrogens is 294 g/mol. The molecule has 23 heavy (non-hydrogen) atoms. The van der Waals surface area contributed by atoms with E-state index in [0.29, 0.717) is 25.6 Å². The van der Waals surface area contributed by atoms with Crippen molar-refractivity contribution in [2.24, 2.45) is 0 Å². The van der Waals surface area contributed by atoms with Gasteiger partial charge in [-0.3, -0.25) is 4.79 Å². The zero-order valence-electron chi connectivity index (χ0n) is 13.5. The number of unbranched alkanes of at least 4 members (excludes halogenated alkanes) is 2. The smallest absolute Gasteiger partial charge is 0.298 e. The number of carbonyl (C=O) groups is 1. The fraction of sp³-hybridized carbons (Fsp3) is 0.529. The van der Waals surface area contributed by atoms with Crippen LogP contribution in [0.3, 0.4) is 0 Å². The third-order valence-electron chi connectivity index (χ3n) is 3.95. The highest BCUT2D eigenvalue weighted by atomic mass is 16.5. The van der Waals surface area contributed by atoms with Crippen molar-refractivity contribution in [2.75, 3.05) is 36.5 Å². The molecule has 1 aliphatic rings. The summed E-state index contributed by atoms with van der Waals surface area (Å²) < 4.78 is 11.1. The number of morpholine rings is 1. The van der Waals surface area contributed by atoms with Gasteiger partial charge in [0.15, 0.2) is 5.58 Å². The standard InChI is InChI=1S/C17H23N3O3/c1-2-3-4-5-16(21)18-13-6-7-15-14(12-13)19-17(23-15)20-8-10-22-11-9-20/h6-7,12H,2-5,8-11H2,1H3,(H,18,21). The predicted octanol–water partition coefficient (Wildman–Crippen LogP) is 3.18. The fourth-order valence-corrected chi connectivity index (χ4v) is 2.64. The Bertz CT molecular complexity index is 662. The molecule has 6 nitrogen and oxygen atoms in total. The highest BCUT2D eigenvalue weighted by molar-refractivity contribution is 5.92. The van der Waals surface area contributed by atoms with Gasteiger partial charge < -0.3 is 19.4 Å². The molecule has 0 radical (unpaired) electrons. The Labute approximate surface area is 135 Å². The molecule has 1 amide bonds. The van der Waals surface area contributed by atoms with Crippen LogP contribution in [0.25, 0.3) is 11.1 Å². The second-order valence-electron chi connectivity index (χ2n) is 5.78. The number of ether oxygens (including phenoxy) is 1. The summed E-state index contributed by atoms with van der Waals surface area (Å²) in [5.41, 5.74) is 2.26. The predicted molar refractivity (Wildman–Crippen MR) is 89.8 cm³/mol. The minimum Gasteiger partial charge on any atom is -0.423 e. The summed E-state index contributed by atoms with van der Waals surface area (Å²) in [6.45, 7) is 5.08. The quantitative estimate of drug-likeness (QED) is 0.829. The molecule has 1 saturated heterocycles. The monoisotopic (exact) mass is 317 g/mol. The zero-order valence-corrected chi connectivity index (χ0v) is 13.5. The number of nitrogens with zero attached hydrogens (tertiary/aromatic N) is 2. The highest BCUT2D eigenvalue weighted by Gasteiger charge is 2.17. The summed E-state index contributed by atoms with van der Waals surface area (Å²) in [6, 6.07) is 6.19. The van der Waals surface area contributed by atoms with Crippen LogP contribution in [0.5, 0.6) is 0 Å². The topological polar surface area (TPSA) is 67.6 Å². The van der Waals surface area contributed by atoms with Gasteiger partial charge in [-0.15, -0.1) is 0 Å². The summed E-state index contributed by atoms with van der Waals surface area (Å²) in [7, 11) is 0. The van der Waals surface area contributed by atoms with Crippen LogP contribution in [-0.2, 0) is 9.53 Å². The number of hydrogen-bond acceptors (Lipinski definition) is 5. The molecule has 0 saturated carbocycles. The molecule has 1 aromatic heterocycles. The first kappa shape index (κ1) is 15.8. The molecule has 2 aromatic rings. The highest BCUT2D eigenvalue weighted by Crippen LogP contribution is 2.25. The lowest BCUT2D eigenvalue weighted by Gasteiger charge is -2.24. The molecule has 1 fully saturated rings. The normalized spacial score (nSPS) is 15.1. The third kappa shape index (κ3) is 4.01. The van der Waals surface area contributed by atoms with Crippen LogP contribution in [0.15, 0.2) is 22.6 Å². The van der Waals surface area contributed by atoms with E-state index < -0.39 is 0 Å². The average Bonchev–Trinajstić information content (AvgIpc) is 2.99. The SMILES string of the molecule is CCCCCC(=O)Nc1ccc2oc(N3CCOCC3)nc2c1. The molecule has 0 spiro atoms. The molecule has 1 aliphatic heterocycles. The minimum absolute atomic E-state index is 0.0506. The van der Waals surface area contributed by atoms with Crippen molar-refractivity contribution >= 4 is 28.7 Å². The van der Waals surface area contributed by atoms with Gasteiger partial charge in [-0.2, -0.15) is 4.98 Å². The van der Waals surface area contributed by atoms with Gasteiger partial charge in [0.05, 0.1) is 13.2 Å². The lowest BCUT2D eigenvalue weighted by Crippen LogP contribution is -2.36.